The number of fused-ring (bicyclic) bond motifs is 1. The van der Waals surface area contributed by atoms with Crippen molar-refractivity contribution in [3.63, 3.8) is 0 Å². The maximum Gasteiger partial charge on any atom is 0.340 e. The van der Waals surface area contributed by atoms with Gasteiger partial charge in [-0.05, 0) is 35.1 Å². The van der Waals surface area contributed by atoms with Crippen LogP contribution in [0.2, 0.25) is 0 Å². The molecule has 0 amide bonds. The largest absolute Gasteiger partial charge is 0.465 e. The average Bonchev–Trinajstić information content (AvgIpc) is 3.47. The number of carbonyl (C=O) groups is 1. The van der Waals surface area contributed by atoms with Gasteiger partial charge in [0, 0.05) is 17.1 Å². The summed E-state index contributed by atoms with van der Waals surface area (Å²) in [5.41, 5.74) is 5.97. The van der Waals surface area contributed by atoms with Crippen LogP contribution in [0.1, 0.15) is 15.9 Å². The van der Waals surface area contributed by atoms with E-state index in [2.05, 4.69) is 38.2 Å². The minimum Gasteiger partial charge on any atom is -0.465 e. The zero-order valence-electron chi connectivity index (χ0n) is 18.4. The van der Waals surface area contributed by atoms with Gasteiger partial charge in [0.2, 0.25) is 0 Å². The van der Waals surface area contributed by atoms with Crippen LogP contribution in [0, 0.1) is 0 Å². The number of benzene rings is 3. The second-order valence-electron chi connectivity index (χ2n) is 7.54. The number of nitrogens with zero attached hydrogens (tertiary/aromatic N) is 3. The molecular formula is C25H20N4O3S2. The molecule has 0 spiro atoms. The first-order valence-electron chi connectivity index (χ1n) is 10.5. The molecule has 0 atom stereocenters. The molecule has 1 N–H and O–H groups in total. The summed E-state index contributed by atoms with van der Waals surface area (Å²) in [6.07, 6.45) is 1.97. The summed E-state index contributed by atoms with van der Waals surface area (Å²) in [7, 11) is 1.38. The van der Waals surface area contributed by atoms with E-state index < -0.39 is 0 Å². The van der Waals surface area contributed by atoms with Crippen molar-refractivity contribution in [3.05, 3.63) is 87.5 Å². The molecule has 0 radical (unpaired) electrons. The first-order valence-corrected chi connectivity index (χ1v) is 12.4. The summed E-state index contributed by atoms with van der Waals surface area (Å²) in [5.74, 6) is 0.186. The smallest absolute Gasteiger partial charge is 0.340 e. The number of hydrogen-bond acceptors (Lipinski definition) is 7. The Kier molecular flexibility index (Phi) is 6.04. The van der Waals surface area contributed by atoms with Gasteiger partial charge in [-0.1, -0.05) is 66.4 Å². The second-order valence-corrected chi connectivity index (χ2v) is 9.05. The predicted molar refractivity (Wildman–Crippen MR) is 136 cm³/mol. The zero-order chi connectivity index (χ0) is 23.7. The van der Waals surface area contributed by atoms with Gasteiger partial charge in [0.25, 0.3) is 0 Å². The fourth-order valence-electron chi connectivity index (χ4n) is 4.00. The van der Waals surface area contributed by atoms with Crippen LogP contribution in [0.25, 0.3) is 33.5 Å². The summed E-state index contributed by atoms with van der Waals surface area (Å²) in [4.78, 5) is 31.3. The van der Waals surface area contributed by atoms with E-state index in [1.807, 2.05) is 42.7 Å². The molecule has 0 saturated heterocycles. The minimum atomic E-state index is -0.383. The van der Waals surface area contributed by atoms with Crippen molar-refractivity contribution in [1.82, 2.24) is 18.9 Å². The van der Waals surface area contributed by atoms with E-state index in [0.717, 1.165) is 50.0 Å². The van der Waals surface area contributed by atoms with Crippen LogP contribution in [0.4, 0.5) is 0 Å². The number of rotatable bonds is 6. The van der Waals surface area contributed by atoms with E-state index in [-0.39, 0.29) is 10.8 Å². The number of H-pyrrole nitrogens is 1. The van der Waals surface area contributed by atoms with Crippen molar-refractivity contribution >= 4 is 40.3 Å². The lowest BCUT2D eigenvalue weighted by Crippen LogP contribution is -2.07. The van der Waals surface area contributed by atoms with Gasteiger partial charge in [-0.25, -0.2) is 9.78 Å². The van der Waals surface area contributed by atoms with E-state index in [9.17, 15) is 9.59 Å². The molecule has 0 bridgehead atoms. The Morgan fingerprint density at radius 1 is 1.06 bits per heavy atom. The number of ether oxygens (including phenoxy) is 1. The van der Waals surface area contributed by atoms with Crippen molar-refractivity contribution < 1.29 is 9.53 Å². The Morgan fingerprint density at radius 3 is 2.50 bits per heavy atom. The van der Waals surface area contributed by atoms with Gasteiger partial charge in [0.05, 0.1) is 30.3 Å². The molecule has 170 valence electrons. The second kappa shape index (κ2) is 9.28. The van der Waals surface area contributed by atoms with Crippen LogP contribution >= 0.6 is 23.3 Å². The molecule has 34 heavy (non-hydrogen) atoms. The van der Waals surface area contributed by atoms with E-state index in [0.29, 0.717) is 17.9 Å². The maximum absolute atomic E-state index is 12.4. The topological polar surface area (TPSA) is 89.9 Å². The first-order chi connectivity index (χ1) is 16.6. The molecule has 0 aliphatic heterocycles. The van der Waals surface area contributed by atoms with Crippen LogP contribution in [-0.4, -0.2) is 38.2 Å². The molecular weight excluding hydrogens is 468 g/mol. The van der Waals surface area contributed by atoms with Crippen LogP contribution in [0.5, 0.6) is 0 Å². The lowest BCUT2D eigenvalue weighted by Gasteiger charge is -2.12. The molecule has 9 heteroatoms. The number of hydrogen-bond donors (Lipinski definition) is 1. The van der Waals surface area contributed by atoms with Crippen molar-refractivity contribution in [2.45, 2.75) is 11.7 Å². The quantitative estimate of drug-likeness (QED) is 0.265. The molecule has 0 fully saturated rings. The van der Waals surface area contributed by atoms with Crippen molar-refractivity contribution in [2.75, 3.05) is 13.4 Å². The third-order valence-electron chi connectivity index (χ3n) is 5.55. The Morgan fingerprint density at radius 2 is 1.82 bits per heavy atom. The highest BCUT2D eigenvalue weighted by Crippen LogP contribution is 2.31. The average molecular weight is 489 g/mol. The SMILES string of the molecule is COC(=O)c1cccc2nc(SC)n(Cc3ccc(-c4ccccc4-c4nsc(=O)[nH]4)cc3)c12. The number of aromatic nitrogens is 4. The molecule has 0 aliphatic carbocycles. The molecule has 2 aromatic heterocycles. The Bertz CT molecular complexity index is 1550. The molecule has 0 saturated carbocycles. The summed E-state index contributed by atoms with van der Waals surface area (Å²) in [6, 6.07) is 21.6. The number of nitrogens with one attached hydrogen (secondary N) is 1. The Balaban J connectivity index is 1.52. The third-order valence-corrected chi connectivity index (χ3v) is 6.77. The van der Waals surface area contributed by atoms with Gasteiger partial charge in [0.1, 0.15) is 0 Å². The molecule has 2 heterocycles. The van der Waals surface area contributed by atoms with Crippen LogP contribution in [-0.2, 0) is 11.3 Å². The standard InChI is InChI=1S/C25H20N4O3S2/c1-32-23(30)19-8-5-9-20-21(19)29(24(26-20)33-2)14-15-10-12-16(13-11-15)17-6-3-4-7-18(17)22-27-25(31)34-28-22/h3-13H,14H2,1-2H3,(H,27,28,31). The monoisotopic (exact) mass is 488 g/mol. The van der Waals surface area contributed by atoms with Gasteiger partial charge in [-0.2, -0.15) is 4.37 Å². The van der Waals surface area contributed by atoms with Crippen LogP contribution in [0.3, 0.4) is 0 Å². The number of aromatic amines is 1. The molecule has 0 aliphatic rings. The highest BCUT2D eigenvalue weighted by Gasteiger charge is 2.19. The van der Waals surface area contributed by atoms with E-state index in [1.54, 1.807) is 6.07 Å². The van der Waals surface area contributed by atoms with E-state index in [4.69, 9.17) is 9.72 Å². The lowest BCUT2D eigenvalue weighted by molar-refractivity contribution is 0.0602. The third kappa shape index (κ3) is 4.04. The number of methoxy groups -OCH3 is 1. The molecule has 3 aromatic carbocycles. The molecule has 5 aromatic rings. The van der Waals surface area contributed by atoms with Gasteiger partial charge >= 0.3 is 10.8 Å². The minimum absolute atomic E-state index is 0.177. The number of para-hydroxylation sites is 1. The molecule has 7 nitrogen and oxygen atoms in total. The van der Waals surface area contributed by atoms with Gasteiger partial charge < -0.3 is 9.30 Å². The van der Waals surface area contributed by atoms with Crippen molar-refractivity contribution in [1.29, 1.82) is 0 Å². The first kappa shape index (κ1) is 22.1. The Hall–Kier alpha value is -3.69. The summed E-state index contributed by atoms with van der Waals surface area (Å²) in [6.45, 7) is 0.558. The fraction of sp³-hybridized carbons (Fsp3) is 0.120. The maximum atomic E-state index is 12.4. The van der Waals surface area contributed by atoms with E-state index >= 15 is 0 Å². The fourth-order valence-corrected chi connectivity index (χ4v) is 5.03. The molecule has 5 rings (SSSR count). The number of thioether (sulfide) groups is 1. The number of esters is 1. The van der Waals surface area contributed by atoms with Gasteiger partial charge in [-0.15, -0.1) is 0 Å². The summed E-state index contributed by atoms with van der Waals surface area (Å²) >= 11 is 2.45. The van der Waals surface area contributed by atoms with Crippen LogP contribution < -0.4 is 4.87 Å². The van der Waals surface area contributed by atoms with Gasteiger partial charge in [0.15, 0.2) is 11.0 Å². The number of imidazole rings is 1. The van der Waals surface area contributed by atoms with E-state index in [1.165, 1.54) is 18.9 Å². The zero-order valence-corrected chi connectivity index (χ0v) is 20.1. The predicted octanol–water partition coefficient (Wildman–Crippen LogP) is 5.07. The van der Waals surface area contributed by atoms with Gasteiger partial charge in [-0.3, -0.25) is 9.78 Å². The lowest BCUT2D eigenvalue weighted by atomic mass is 9.98. The normalized spacial score (nSPS) is 11.1. The molecule has 0 unspecified atom stereocenters. The highest BCUT2D eigenvalue weighted by atomic mass is 32.2. The van der Waals surface area contributed by atoms with Crippen molar-refractivity contribution in [2.24, 2.45) is 0 Å². The van der Waals surface area contributed by atoms with Crippen molar-refractivity contribution in [3.8, 4) is 22.5 Å². The number of carbonyl (C=O) groups excluding carboxylic acids is 1. The summed E-state index contributed by atoms with van der Waals surface area (Å²) in [5, 5.41) is 0.827. The summed E-state index contributed by atoms with van der Waals surface area (Å²) < 4.78 is 11.3. The highest BCUT2D eigenvalue weighted by molar-refractivity contribution is 7.98. The Labute approximate surface area is 203 Å². The van der Waals surface area contributed by atoms with Crippen LogP contribution in [0.15, 0.2) is 76.7 Å².